The molecule has 0 aliphatic heterocycles. The number of carbonyl (C=O) groups is 2. The molecule has 6 heteroatoms. The standard InChI is InChI=1S/C15H17BrFNO3/c16-13-6-5-10(17)7-12(13)14(19)18-8-9-3-1-2-4-11(9)15(20)21/h5-7,9,11H,1-4,8H2,(H,18,19)(H,20,21). The number of amides is 1. The van der Waals surface area contributed by atoms with Crippen molar-refractivity contribution in [2.45, 2.75) is 25.7 Å². The normalized spacial score (nSPS) is 21.8. The minimum absolute atomic E-state index is 0.0625. The summed E-state index contributed by atoms with van der Waals surface area (Å²) in [5, 5.41) is 11.9. The molecule has 2 atom stereocenters. The lowest BCUT2D eigenvalue weighted by Gasteiger charge is -2.28. The van der Waals surface area contributed by atoms with Crippen LogP contribution in [0.1, 0.15) is 36.0 Å². The summed E-state index contributed by atoms with van der Waals surface area (Å²) in [6, 6.07) is 3.91. The second kappa shape index (κ2) is 7.02. The number of hydrogen-bond donors (Lipinski definition) is 2. The molecule has 1 aliphatic carbocycles. The molecule has 1 saturated carbocycles. The van der Waals surface area contributed by atoms with Crippen LogP contribution >= 0.6 is 15.9 Å². The van der Waals surface area contributed by atoms with Gasteiger partial charge in [-0.25, -0.2) is 4.39 Å². The largest absolute Gasteiger partial charge is 0.481 e. The summed E-state index contributed by atoms with van der Waals surface area (Å²) >= 11 is 3.21. The van der Waals surface area contributed by atoms with Gasteiger partial charge in [-0.3, -0.25) is 9.59 Å². The molecule has 0 radical (unpaired) electrons. The molecule has 1 aliphatic rings. The van der Waals surface area contributed by atoms with Crippen LogP contribution in [0.2, 0.25) is 0 Å². The van der Waals surface area contributed by atoms with Crippen molar-refractivity contribution in [1.29, 1.82) is 0 Å². The lowest BCUT2D eigenvalue weighted by Crippen LogP contribution is -2.37. The van der Waals surface area contributed by atoms with Crippen LogP contribution in [0.15, 0.2) is 22.7 Å². The number of rotatable bonds is 4. The predicted octanol–water partition coefficient (Wildman–Crippen LogP) is 3.21. The van der Waals surface area contributed by atoms with E-state index in [0.29, 0.717) is 17.4 Å². The first-order valence-corrected chi connectivity index (χ1v) is 7.74. The molecule has 0 aromatic heterocycles. The van der Waals surface area contributed by atoms with Gasteiger partial charge in [0.25, 0.3) is 5.91 Å². The molecular weight excluding hydrogens is 341 g/mol. The Kier molecular flexibility index (Phi) is 5.33. The zero-order chi connectivity index (χ0) is 15.4. The van der Waals surface area contributed by atoms with E-state index in [9.17, 15) is 19.1 Å². The molecule has 0 saturated heterocycles. The first-order chi connectivity index (χ1) is 9.99. The average molecular weight is 358 g/mol. The van der Waals surface area contributed by atoms with Crippen molar-refractivity contribution in [3.05, 3.63) is 34.1 Å². The minimum Gasteiger partial charge on any atom is -0.481 e. The van der Waals surface area contributed by atoms with Gasteiger partial charge in [0.05, 0.1) is 11.5 Å². The third-order valence-corrected chi connectivity index (χ3v) is 4.62. The second-order valence-corrected chi connectivity index (χ2v) is 6.18. The highest BCUT2D eigenvalue weighted by molar-refractivity contribution is 9.10. The topological polar surface area (TPSA) is 66.4 Å². The Labute approximate surface area is 130 Å². The summed E-state index contributed by atoms with van der Waals surface area (Å²) in [5.74, 6) is -2.15. The number of benzene rings is 1. The van der Waals surface area contributed by atoms with Crippen molar-refractivity contribution < 1.29 is 19.1 Å². The fraction of sp³-hybridized carbons (Fsp3) is 0.467. The average Bonchev–Trinajstić information content (AvgIpc) is 2.47. The molecule has 1 aromatic rings. The number of halogens is 2. The second-order valence-electron chi connectivity index (χ2n) is 5.32. The van der Waals surface area contributed by atoms with E-state index in [1.807, 2.05) is 0 Å². The van der Waals surface area contributed by atoms with Gasteiger partial charge in [0, 0.05) is 11.0 Å². The van der Waals surface area contributed by atoms with E-state index in [0.717, 1.165) is 25.3 Å². The lowest BCUT2D eigenvalue weighted by atomic mass is 9.79. The van der Waals surface area contributed by atoms with Gasteiger partial charge < -0.3 is 10.4 Å². The Bertz CT molecular complexity index is 550. The molecule has 114 valence electrons. The Morgan fingerprint density at radius 1 is 1.33 bits per heavy atom. The van der Waals surface area contributed by atoms with Gasteiger partial charge in [-0.2, -0.15) is 0 Å². The Hall–Kier alpha value is -1.43. The monoisotopic (exact) mass is 357 g/mol. The van der Waals surface area contributed by atoms with Gasteiger partial charge in [-0.15, -0.1) is 0 Å². The van der Waals surface area contributed by atoms with E-state index in [1.165, 1.54) is 12.1 Å². The van der Waals surface area contributed by atoms with E-state index >= 15 is 0 Å². The number of carboxylic acids is 1. The van der Waals surface area contributed by atoms with Gasteiger partial charge in [0.15, 0.2) is 0 Å². The zero-order valence-corrected chi connectivity index (χ0v) is 13.0. The van der Waals surface area contributed by atoms with Crippen LogP contribution in [-0.2, 0) is 4.79 Å². The third kappa shape index (κ3) is 4.03. The molecule has 2 rings (SSSR count). The summed E-state index contributed by atoms with van der Waals surface area (Å²) < 4.78 is 13.7. The number of aliphatic carboxylic acids is 1. The fourth-order valence-corrected chi connectivity index (χ4v) is 3.19. The summed E-state index contributed by atoms with van der Waals surface area (Å²) in [5.41, 5.74) is 0.220. The highest BCUT2D eigenvalue weighted by Gasteiger charge is 2.31. The first kappa shape index (κ1) is 15.9. The van der Waals surface area contributed by atoms with Crippen LogP contribution in [-0.4, -0.2) is 23.5 Å². The number of carbonyl (C=O) groups excluding carboxylic acids is 1. The highest BCUT2D eigenvalue weighted by Crippen LogP contribution is 2.30. The van der Waals surface area contributed by atoms with E-state index in [4.69, 9.17) is 0 Å². The molecule has 21 heavy (non-hydrogen) atoms. The van der Waals surface area contributed by atoms with Crippen LogP contribution in [0.5, 0.6) is 0 Å². The van der Waals surface area contributed by atoms with E-state index in [1.54, 1.807) is 0 Å². The Balaban J connectivity index is 1.99. The SMILES string of the molecule is O=C(NCC1CCCCC1C(=O)O)c1cc(F)ccc1Br. The van der Waals surface area contributed by atoms with Crippen molar-refractivity contribution in [1.82, 2.24) is 5.32 Å². The minimum atomic E-state index is -0.805. The molecule has 1 fully saturated rings. The third-order valence-electron chi connectivity index (χ3n) is 3.92. The van der Waals surface area contributed by atoms with Crippen LogP contribution in [0.4, 0.5) is 4.39 Å². The van der Waals surface area contributed by atoms with Crippen LogP contribution in [0.25, 0.3) is 0 Å². The van der Waals surface area contributed by atoms with E-state index in [2.05, 4.69) is 21.2 Å². The number of carboxylic acid groups (broad SMARTS) is 1. The number of nitrogens with one attached hydrogen (secondary N) is 1. The molecular formula is C15H17BrFNO3. The zero-order valence-electron chi connectivity index (χ0n) is 11.4. The fourth-order valence-electron chi connectivity index (χ4n) is 2.77. The summed E-state index contributed by atoms with van der Waals surface area (Å²) in [6.07, 6.45) is 3.34. The van der Waals surface area contributed by atoms with Crippen LogP contribution in [0, 0.1) is 17.7 Å². The van der Waals surface area contributed by atoms with Gasteiger partial charge in [-0.05, 0) is 52.9 Å². The van der Waals surface area contributed by atoms with Crippen molar-refractivity contribution in [2.75, 3.05) is 6.54 Å². The molecule has 0 heterocycles. The van der Waals surface area contributed by atoms with Crippen LogP contribution in [0.3, 0.4) is 0 Å². The van der Waals surface area contributed by atoms with E-state index in [-0.39, 0.29) is 11.5 Å². The van der Waals surface area contributed by atoms with Gasteiger partial charge >= 0.3 is 5.97 Å². The molecule has 2 unspecified atom stereocenters. The molecule has 2 N–H and O–H groups in total. The van der Waals surface area contributed by atoms with Gasteiger partial charge in [-0.1, -0.05) is 12.8 Å². The Morgan fingerprint density at radius 3 is 2.76 bits per heavy atom. The molecule has 0 spiro atoms. The quantitative estimate of drug-likeness (QED) is 0.869. The van der Waals surface area contributed by atoms with E-state index < -0.39 is 23.6 Å². The van der Waals surface area contributed by atoms with Gasteiger partial charge in [0.2, 0.25) is 0 Å². The first-order valence-electron chi connectivity index (χ1n) is 6.95. The van der Waals surface area contributed by atoms with Gasteiger partial charge in [0.1, 0.15) is 5.82 Å². The molecule has 1 aromatic carbocycles. The molecule has 4 nitrogen and oxygen atoms in total. The molecule has 0 bridgehead atoms. The maximum Gasteiger partial charge on any atom is 0.306 e. The number of hydrogen-bond acceptors (Lipinski definition) is 2. The lowest BCUT2D eigenvalue weighted by molar-refractivity contribution is -0.144. The van der Waals surface area contributed by atoms with Crippen molar-refractivity contribution in [3.63, 3.8) is 0 Å². The van der Waals surface area contributed by atoms with Crippen molar-refractivity contribution >= 4 is 27.8 Å². The summed E-state index contributed by atoms with van der Waals surface area (Å²) in [4.78, 5) is 23.3. The smallest absolute Gasteiger partial charge is 0.306 e. The summed E-state index contributed by atoms with van der Waals surface area (Å²) in [7, 11) is 0. The van der Waals surface area contributed by atoms with Crippen LogP contribution < -0.4 is 5.32 Å². The van der Waals surface area contributed by atoms with Crippen molar-refractivity contribution in [3.8, 4) is 0 Å². The van der Waals surface area contributed by atoms with Crippen molar-refractivity contribution in [2.24, 2.45) is 11.8 Å². The molecule has 1 amide bonds. The maximum absolute atomic E-state index is 13.2. The maximum atomic E-state index is 13.2. The predicted molar refractivity (Wildman–Crippen MR) is 79.5 cm³/mol. The summed E-state index contributed by atoms with van der Waals surface area (Å²) in [6.45, 7) is 0.304. The highest BCUT2D eigenvalue weighted by atomic mass is 79.9. The Morgan fingerprint density at radius 2 is 2.05 bits per heavy atom.